The van der Waals surface area contributed by atoms with E-state index in [0.29, 0.717) is 30.0 Å². The number of piperidine rings is 1. The highest BCUT2D eigenvalue weighted by molar-refractivity contribution is 6.24. The number of benzene rings is 3. The zero-order valence-corrected chi connectivity index (χ0v) is 31.5. The third-order valence-corrected chi connectivity index (χ3v) is 9.59. The van der Waals surface area contributed by atoms with Gasteiger partial charge in [0.15, 0.2) is 5.78 Å². The Morgan fingerprint density at radius 2 is 1.63 bits per heavy atom. The first kappa shape index (κ1) is 39.9. The van der Waals surface area contributed by atoms with Gasteiger partial charge < -0.3 is 20.7 Å². The molecular weight excluding hydrogens is 731 g/mol. The van der Waals surface area contributed by atoms with Crippen molar-refractivity contribution in [3.05, 3.63) is 101 Å². The number of unbranched alkanes of at least 4 members (excludes halogenated alkanes) is 4. The fraction of sp³-hybridized carbons (Fsp3) is 0.310. The standard InChI is InChI=1S/C42H43N7O8/c1-26-14-16-29(17-15-26)47-35-22-32(45-25-46-35)27-9-7-10-28(21-27)39(53)44-23-37(52)43-20-6-4-2-3-5-11-30(50)24-57-34-13-8-12-31-38(34)42(56)49(41(31)55)33-18-19-36(51)48-40(33)54/h7-10,12-17,21-22,25,33H,2-6,11,18-20,23-24H2,1H3,(H,43,52)(H,44,53)(H,45,46,47)(H,48,51,54). The van der Waals surface area contributed by atoms with Gasteiger partial charge in [0.1, 0.15) is 30.5 Å². The number of carbonyl (C=O) groups is 7. The number of carbonyl (C=O) groups excluding carboxylic acids is 7. The summed E-state index contributed by atoms with van der Waals surface area (Å²) in [5.41, 5.74) is 3.89. The summed E-state index contributed by atoms with van der Waals surface area (Å²) in [7, 11) is 0. The molecule has 0 saturated carbocycles. The van der Waals surface area contributed by atoms with Crippen molar-refractivity contribution in [1.82, 2.24) is 30.8 Å². The molecule has 4 aromatic rings. The van der Waals surface area contributed by atoms with Gasteiger partial charge in [0, 0.05) is 42.3 Å². The number of hydrogen-bond donors (Lipinski definition) is 4. The summed E-state index contributed by atoms with van der Waals surface area (Å²) in [6.45, 7) is 2.02. The average molecular weight is 774 g/mol. The largest absolute Gasteiger partial charge is 0.485 e. The maximum atomic E-state index is 13.2. The summed E-state index contributed by atoms with van der Waals surface area (Å²) in [6.07, 6.45) is 5.64. The van der Waals surface area contributed by atoms with E-state index in [1.807, 2.05) is 37.3 Å². The number of aromatic nitrogens is 2. The van der Waals surface area contributed by atoms with Gasteiger partial charge in [0.2, 0.25) is 17.7 Å². The fourth-order valence-electron chi connectivity index (χ4n) is 6.55. The molecule has 0 aliphatic carbocycles. The molecule has 0 spiro atoms. The van der Waals surface area contributed by atoms with Crippen molar-refractivity contribution in [3.8, 4) is 17.0 Å². The van der Waals surface area contributed by atoms with Crippen molar-refractivity contribution in [2.75, 3.05) is 25.0 Å². The number of nitrogens with zero attached hydrogens (tertiary/aromatic N) is 3. The number of rotatable bonds is 18. The zero-order chi connectivity index (χ0) is 40.3. The molecule has 1 fully saturated rings. The van der Waals surface area contributed by atoms with E-state index in [9.17, 15) is 33.6 Å². The van der Waals surface area contributed by atoms with Gasteiger partial charge in [-0.05, 0) is 62.6 Å². The van der Waals surface area contributed by atoms with Crippen LogP contribution in [0, 0.1) is 6.92 Å². The summed E-state index contributed by atoms with van der Waals surface area (Å²) in [5.74, 6) is -2.65. The number of imide groups is 2. The van der Waals surface area contributed by atoms with Crippen LogP contribution in [-0.4, -0.2) is 81.8 Å². The van der Waals surface area contributed by atoms with Crippen LogP contribution in [0.4, 0.5) is 11.5 Å². The third kappa shape index (κ3) is 10.3. The molecule has 1 unspecified atom stereocenters. The van der Waals surface area contributed by atoms with E-state index in [1.165, 1.54) is 18.5 Å². The SMILES string of the molecule is Cc1ccc(Nc2cc(-c3cccc(C(=O)NCC(=O)NCCCCCCCC(=O)COc4cccc5c4C(=O)N(C4CCC(=O)NC4=O)C5=O)c3)ncn2)cc1. The monoisotopic (exact) mass is 773 g/mol. The molecule has 1 saturated heterocycles. The number of hydrogen-bond acceptors (Lipinski definition) is 11. The van der Waals surface area contributed by atoms with Gasteiger partial charge in [0.25, 0.3) is 17.7 Å². The fourth-order valence-corrected chi connectivity index (χ4v) is 6.55. The lowest BCUT2D eigenvalue weighted by atomic mass is 10.0. The molecule has 15 heteroatoms. The zero-order valence-electron chi connectivity index (χ0n) is 31.5. The van der Waals surface area contributed by atoms with Crippen LogP contribution in [0.1, 0.15) is 88.0 Å². The first-order chi connectivity index (χ1) is 27.6. The maximum Gasteiger partial charge on any atom is 0.266 e. The van der Waals surface area contributed by atoms with Crippen LogP contribution < -0.4 is 26.0 Å². The summed E-state index contributed by atoms with van der Waals surface area (Å²) in [6, 6.07) is 20.1. The Hall–Kier alpha value is -6.77. The van der Waals surface area contributed by atoms with Crippen molar-refractivity contribution in [2.24, 2.45) is 0 Å². The van der Waals surface area contributed by atoms with Gasteiger partial charge in [-0.3, -0.25) is 43.8 Å². The minimum Gasteiger partial charge on any atom is -0.485 e. The number of fused-ring (bicyclic) bond motifs is 1. The minimum absolute atomic E-state index is 0.000577. The number of nitrogens with one attached hydrogen (secondary N) is 4. The molecule has 15 nitrogen and oxygen atoms in total. The second-order valence-electron chi connectivity index (χ2n) is 13.9. The summed E-state index contributed by atoms with van der Waals surface area (Å²) in [5, 5.41) is 10.9. The van der Waals surface area contributed by atoms with Crippen LogP contribution in [0.3, 0.4) is 0 Å². The van der Waals surface area contributed by atoms with Crippen LogP contribution in [0.25, 0.3) is 11.3 Å². The molecule has 294 valence electrons. The number of ketones is 1. The Balaban J connectivity index is 0.842. The first-order valence-electron chi connectivity index (χ1n) is 18.9. The van der Waals surface area contributed by atoms with Crippen molar-refractivity contribution < 1.29 is 38.3 Å². The van der Waals surface area contributed by atoms with Gasteiger partial charge in [-0.15, -0.1) is 0 Å². The van der Waals surface area contributed by atoms with E-state index in [-0.39, 0.29) is 66.9 Å². The molecule has 57 heavy (non-hydrogen) atoms. The lowest BCUT2D eigenvalue weighted by Crippen LogP contribution is -2.54. The van der Waals surface area contributed by atoms with Crippen molar-refractivity contribution in [3.63, 3.8) is 0 Å². The number of aryl methyl sites for hydroxylation is 1. The number of anilines is 2. The van der Waals surface area contributed by atoms with Gasteiger partial charge >= 0.3 is 0 Å². The smallest absolute Gasteiger partial charge is 0.266 e. The molecule has 3 heterocycles. The highest BCUT2D eigenvalue weighted by Gasteiger charge is 2.46. The van der Waals surface area contributed by atoms with Gasteiger partial charge in [-0.2, -0.15) is 0 Å². The maximum absolute atomic E-state index is 13.2. The van der Waals surface area contributed by atoms with Crippen LogP contribution in [0.5, 0.6) is 5.75 Å². The molecule has 2 aliphatic heterocycles. The Morgan fingerprint density at radius 1 is 0.860 bits per heavy atom. The van der Waals surface area contributed by atoms with E-state index >= 15 is 0 Å². The summed E-state index contributed by atoms with van der Waals surface area (Å²) >= 11 is 0. The van der Waals surface area contributed by atoms with E-state index in [1.54, 1.807) is 30.3 Å². The topological polar surface area (TPSA) is 206 Å². The minimum atomic E-state index is -1.09. The van der Waals surface area contributed by atoms with Crippen LogP contribution in [0.15, 0.2) is 79.1 Å². The van der Waals surface area contributed by atoms with Crippen molar-refractivity contribution in [1.29, 1.82) is 0 Å². The Morgan fingerprint density at radius 3 is 2.44 bits per heavy atom. The Kier molecular flexibility index (Phi) is 13.1. The number of ether oxygens (including phenoxy) is 1. The van der Waals surface area contributed by atoms with E-state index in [2.05, 4.69) is 31.2 Å². The van der Waals surface area contributed by atoms with Crippen LogP contribution in [0.2, 0.25) is 0 Å². The Labute approximate surface area is 329 Å². The van der Waals surface area contributed by atoms with Crippen LogP contribution in [-0.2, 0) is 19.2 Å². The van der Waals surface area contributed by atoms with Crippen LogP contribution >= 0.6 is 0 Å². The molecule has 2 aliphatic rings. The van der Waals surface area contributed by atoms with E-state index < -0.39 is 29.7 Å². The predicted octanol–water partition coefficient (Wildman–Crippen LogP) is 4.43. The highest BCUT2D eigenvalue weighted by atomic mass is 16.5. The quantitative estimate of drug-likeness (QED) is 0.0822. The molecular formula is C42H43N7O8. The summed E-state index contributed by atoms with van der Waals surface area (Å²) in [4.78, 5) is 97.4. The van der Waals surface area contributed by atoms with Gasteiger partial charge in [-0.25, -0.2) is 9.97 Å². The molecule has 6 rings (SSSR count). The molecule has 3 aromatic carbocycles. The molecule has 6 amide bonds. The number of Topliss-reactive ketones (excluding diaryl/α,β-unsaturated/α-hetero) is 1. The number of amides is 6. The predicted molar refractivity (Wildman–Crippen MR) is 209 cm³/mol. The lowest BCUT2D eigenvalue weighted by Gasteiger charge is -2.27. The molecule has 0 radical (unpaired) electrons. The third-order valence-electron chi connectivity index (χ3n) is 9.59. The first-order valence-corrected chi connectivity index (χ1v) is 18.9. The van der Waals surface area contributed by atoms with E-state index in [4.69, 9.17) is 4.74 Å². The van der Waals surface area contributed by atoms with Gasteiger partial charge in [-0.1, -0.05) is 55.2 Å². The van der Waals surface area contributed by atoms with Crippen molar-refractivity contribution >= 4 is 52.7 Å². The van der Waals surface area contributed by atoms with Crippen molar-refractivity contribution in [2.45, 2.75) is 64.3 Å². The average Bonchev–Trinajstić information content (AvgIpc) is 3.47. The second-order valence-corrected chi connectivity index (χ2v) is 13.9. The highest BCUT2D eigenvalue weighted by Crippen LogP contribution is 2.33. The lowest BCUT2D eigenvalue weighted by molar-refractivity contribution is -0.136. The molecule has 1 aromatic heterocycles. The molecule has 0 bridgehead atoms. The molecule has 1 atom stereocenters. The Bertz CT molecular complexity index is 2190. The molecule has 4 N–H and O–H groups in total. The van der Waals surface area contributed by atoms with Gasteiger partial charge in [0.05, 0.1) is 23.4 Å². The van der Waals surface area contributed by atoms with E-state index in [0.717, 1.165) is 47.4 Å². The second kappa shape index (κ2) is 18.7. The summed E-state index contributed by atoms with van der Waals surface area (Å²) < 4.78 is 5.67. The normalized spacial score (nSPS) is 14.8.